The molecule has 0 fully saturated rings. The summed E-state index contributed by atoms with van der Waals surface area (Å²) in [5.41, 5.74) is 0.287. The lowest BCUT2D eigenvalue weighted by atomic mass is 10.1. The lowest BCUT2D eigenvalue weighted by Gasteiger charge is -2.31. The van der Waals surface area contributed by atoms with E-state index in [-0.39, 0.29) is 11.4 Å². The van der Waals surface area contributed by atoms with Gasteiger partial charge in [0, 0.05) is 31.5 Å². The van der Waals surface area contributed by atoms with Crippen LogP contribution in [0.25, 0.3) is 11.4 Å². The second kappa shape index (κ2) is 8.23. The van der Waals surface area contributed by atoms with E-state index in [0.717, 1.165) is 13.0 Å². The van der Waals surface area contributed by atoms with Gasteiger partial charge in [-0.1, -0.05) is 6.92 Å². The fourth-order valence-corrected chi connectivity index (χ4v) is 6.54. The Kier molecular flexibility index (Phi) is 5.74. The monoisotopic (exact) mass is 481 g/mol. The number of primary sulfonamides is 1. The highest BCUT2D eigenvalue weighted by molar-refractivity contribution is 7.92. The summed E-state index contributed by atoms with van der Waals surface area (Å²) in [6, 6.07) is 2.32. The van der Waals surface area contributed by atoms with Gasteiger partial charge in [0.2, 0.25) is 31.8 Å². The molecule has 0 saturated heterocycles. The molecule has 0 aliphatic carbocycles. The molecule has 1 atom stereocenters. The number of nitrogens with zero attached hydrogens (tertiary/aromatic N) is 6. The number of imidazole rings is 1. The topological polar surface area (TPSA) is 182 Å². The van der Waals surface area contributed by atoms with Crippen molar-refractivity contribution in [1.82, 2.24) is 34.9 Å². The Balaban J connectivity index is 2.03. The van der Waals surface area contributed by atoms with Crippen molar-refractivity contribution in [2.24, 2.45) is 5.14 Å². The van der Waals surface area contributed by atoms with Crippen LogP contribution in [-0.4, -0.2) is 59.6 Å². The van der Waals surface area contributed by atoms with Crippen molar-refractivity contribution in [3.05, 3.63) is 24.5 Å². The van der Waals surface area contributed by atoms with Crippen LogP contribution in [0.1, 0.15) is 26.7 Å². The number of fused-ring (bicyclic) bond motifs is 1. The molecule has 0 radical (unpaired) electrons. The highest BCUT2D eigenvalue weighted by Gasteiger charge is 2.34. The summed E-state index contributed by atoms with van der Waals surface area (Å²) in [5, 5.41) is 19.2. The third-order valence-corrected chi connectivity index (χ3v) is 7.97. The fraction of sp³-hybridized carbons (Fsp3) is 0.412. The number of aromatic amines is 1. The Hall–Kier alpha value is -2.88. The van der Waals surface area contributed by atoms with E-state index in [0.29, 0.717) is 24.6 Å². The van der Waals surface area contributed by atoms with E-state index < -0.39 is 35.9 Å². The molecule has 4 rings (SSSR count). The van der Waals surface area contributed by atoms with Crippen molar-refractivity contribution >= 4 is 31.7 Å². The summed E-state index contributed by atoms with van der Waals surface area (Å²) in [7, 11) is -8.77. The van der Waals surface area contributed by atoms with Crippen molar-refractivity contribution in [3.63, 3.8) is 0 Å². The smallest absolute Gasteiger partial charge is 0.242 e. The lowest BCUT2D eigenvalue weighted by molar-refractivity contribution is 0.551. The van der Waals surface area contributed by atoms with Gasteiger partial charge in [-0.25, -0.2) is 31.7 Å². The first kappa shape index (κ1) is 22.3. The maximum Gasteiger partial charge on any atom is 0.242 e. The van der Waals surface area contributed by atoms with Crippen LogP contribution < -0.4 is 14.8 Å². The number of aromatic nitrogens is 6. The molecule has 1 aromatic carbocycles. The molecule has 0 bridgehead atoms. The number of hydrogen-bond acceptors (Lipinski definition) is 9. The molecule has 0 saturated carbocycles. The minimum absolute atomic E-state index is 0.0651. The summed E-state index contributed by atoms with van der Waals surface area (Å²) < 4.78 is 56.1. The minimum Gasteiger partial charge on any atom is -0.317 e. The number of rotatable bonds is 7. The number of nitrogens with two attached hydrogens (primary N) is 1. The van der Waals surface area contributed by atoms with E-state index in [1.54, 1.807) is 24.9 Å². The number of H-pyrrole nitrogens is 1. The lowest BCUT2D eigenvalue weighted by Crippen LogP contribution is -2.34. The number of hydrogen-bond donors (Lipinski definition) is 3. The molecule has 3 aromatic rings. The summed E-state index contributed by atoms with van der Waals surface area (Å²) in [4.78, 5) is 5.06. The number of tetrazole rings is 1. The molecule has 32 heavy (non-hydrogen) atoms. The molecule has 0 unspecified atom stereocenters. The zero-order valence-electron chi connectivity index (χ0n) is 17.4. The zero-order chi connectivity index (χ0) is 23.1. The third kappa shape index (κ3) is 3.99. The van der Waals surface area contributed by atoms with E-state index in [1.165, 1.54) is 12.1 Å². The van der Waals surface area contributed by atoms with Gasteiger partial charge in [-0.05, 0) is 37.1 Å². The van der Waals surface area contributed by atoms with Crippen LogP contribution in [0.4, 0.5) is 11.6 Å². The first-order valence-electron chi connectivity index (χ1n) is 9.88. The predicted molar refractivity (Wildman–Crippen MR) is 115 cm³/mol. The van der Waals surface area contributed by atoms with Gasteiger partial charge in [-0.15, -0.1) is 10.2 Å². The standard InChI is InChI=1S/C17H23N9O4S2/c1-3-11(2)22-32(29,30)13-6-5-12(26-9-4-8-25-10-7-19-17(25)26)14(15(13)31(18,27)28)16-20-23-24-21-16/h5-7,10-11,22H,3-4,8-9H2,1-2H3,(H2,18,27,28)(H,20,21,23,24)/t11-/m1/s1. The normalized spacial score (nSPS) is 15.5. The number of benzene rings is 1. The van der Waals surface area contributed by atoms with E-state index in [2.05, 4.69) is 30.3 Å². The van der Waals surface area contributed by atoms with Crippen LogP contribution >= 0.6 is 0 Å². The summed E-state index contributed by atoms with van der Waals surface area (Å²) >= 11 is 0. The molecule has 2 aromatic heterocycles. The molecule has 1 aliphatic rings. The Morgan fingerprint density at radius 2 is 2.03 bits per heavy atom. The molecule has 4 N–H and O–H groups in total. The number of sulfonamides is 2. The molecule has 13 nitrogen and oxygen atoms in total. The van der Waals surface area contributed by atoms with E-state index >= 15 is 0 Å². The van der Waals surface area contributed by atoms with Gasteiger partial charge < -0.3 is 9.47 Å². The van der Waals surface area contributed by atoms with Gasteiger partial charge in [-0.3, -0.25) is 0 Å². The van der Waals surface area contributed by atoms with Crippen LogP contribution in [0.2, 0.25) is 0 Å². The highest BCUT2D eigenvalue weighted by Crippen LogP contribution is 2.41. The second-order valence-corrected chi connectivity index (χ2v) is 10.6. The number of nitrogens with one attached hydrogen (secondary N) is 2. The van der Waals surface area contributed by atoms with Crippen molar-refractivity contribution in [1.29, 1.82) is 0 Å². The first-order valence-corrected chi connectivity index (χ1v) is 12.9. The average Bonchev–Trinajstić information content (AvgIpc) is 3.43. The Morgan fingerprint density at radius 1 is 1.25 bits per heavy atom. The molecule has 172 valence electrons. The van der Waals surface area contributed by atoms with Crippen LogP contribution in [0.15, 0.2) is 34.3 Å². The Morgan fingerprint density at radius 3 is 2.69 bits per heavy atom. The molecule has 0 spiro atoms. The molecule has 1 aliphatic heterocycles. The molecular weight excluding hydrogens is 458 g/mol. The van der Waals surface area contributed by atoms with Gasteiger partial charge >= 0.3 is 0 Å². The summed E-state index contributed by atoms with van der Waals surface area (Å²) in [6.07, 6.45) is 4.72. The molecule has 15 heteroatoms. The quantitative estimate of drug-likeness (QED) is 0.428. The summed E-state index contributed by atoms with van der Waals surface area (Å²) in [5.74, 6) is 0.475. The third-order valence-electron chi connectivity index (χ3n) is 5.22. The molecule has 3 heterocycles. The van der Waals surface area contributed by atoms with Crippen LogP contribution in [-0.2, 0) is 26.6 Å². The van der Waals surface area contributed by atoms with Crippen LogP contribution in [0, 0.1) is 0 Å². The van der Waals surface area contributed by atoms with Crippen molar-refractivity contribution < 1.29 is 16.8 Å². The van der Waals surface area contributed by atoms with Gasteiger partial charge in [0.25, 0.3) is 0 Å². The van der Waals surface area contributed by atoms with Crippen molar-refractivity contribution in [3.8, 4) is 11.4 Å². The largest absolute Gasteiger partial charge is 0.317 e. The van der Waals surface area contributed by atoms with Crippen LogP contribution in [0.5, 0.6) is 0 Å². The van der Waals surface area contributed by atoms with Crippen molar-refractivity contribution in [2.75, 3.05) is 11.4 Å². The number of aryl methyl sites for hydroxylation is 1. The fourth-order valence-electron chi connectivity index (χ4n) is 3.62. The van der Waals surface area contributed by atoms with Gasteiger partial charge in [-0.2, -0.15) is 5.21 Å². The predicted octanol–water partition coefficient (Wildman–Crippen LogP) is 0.329. The van der Waals surface area contributed by atoms with Gasteiger partial charge in [0.1, 0.15) is 9.79 Å². The van der Waals surface area contributed by atoms with Crippen molar-refractivity contribution in [2.45, 2.75) is 49.1 Å². The van der Waals surface area contributed by atoms with Gasteiger partial charge in [0.15, 0.2) is 0 Å². The van der Waals surface area contributed by atoms with Gasteiger partial charge in [0.05, 0.1) is 11.3 Å². The van der Waals surface area contributed by atoms with E-state index in [1.807, 2.05) is 10.8 Å². The SMILES string of the molecule is CC[C@@H](C)NS(=O)(=O)c1ccc(N2CCCn3ccnc32)c(-c2nn[nH]n2)c1S(N)(=O)=O. The highest BCUT2D eigenvalue weighted by atomic mass is 32.2. The average molecular weight is 482 g/mol. The van der Waals surface area contributed by atoms with Crippen LogP contribution in [0.3, 0.4) is 0 Å². The Bertz CT molecular complexity index is 1330. The molecular formula is C17H23N9O4S2. The molecule has 0 amide bonds. The Labute approximate surface area is 185 Å². The van der Waals surface area contributed by atoms with E-state index in [9.17, 15) is 16.8 Å². The zero-order valence-corrected chi connectivity index (χ0v) is 19.1. The first-order chi connectivity index (χ1) is 15.1. The summed E-state index contributed by atoms with van der Waals surface area (Å²) in [6.45, 7) is 4.75. The maximum atomic E-state index is 13.1. The maximum absolute atomic E-state index is 13.1. The minimum atomic E-state index is -4.54. The second-order valence-electron chi connectivity index (χ2n) is 7.42. The van der Waals surface area contributed by atoms with E-state index in [4.69, 9.17) is 5.14 Å². The number of anilines is 2.